The summed E-state index contributed by atoms with van der Waals surface area (Å²) in [5.74, 6) is 1.22. The van der Waals surface area contributed by atoms with Gasteiger partial charge in [-0.15, -0.1) is 11.8 Å². The number of non-ortho nitro benzene ring substituents is 1. The van der Waals surface area contributed by atoms with Gasteiger partial charge in [0.2, 0.25) is 5.91 Å². The maximum atomic E-state index is 11.8. The SMILES string of the molecule is O=C(CSCc1ccc([N+](=O)[O-])cc1)NC1CCCCC1. The minimum Gasteiger partial charge on any atom is -0.353 e. The van der Waals surface area contributed by atoms with Crippen LogP contribution < -0.4 is 5.32 Å². The van der Waals surface area contributed by atoms with Gasteiger partial charge in [-0.2, -0.15) is 0 Å². The third-order valence-corrected chi connectivity index (χ3v) is 4.62. The lowest BCUT2D eigenvalue weighted by atomic mass is 9.95. The Labute approximate surface area is 128 Å². The van der Waals surface area contributed by atoms with Crippen molar-refractivity contribution in [1.29, 1.82) is 0 Å². The monoisotopic (exact) mass is 308 g/mol. The molecule has 0 spiro atoms. The molecule has 1 N–H and O–H groups in total. The van der Waals surface area contributed by atoms with Gasteiger partial charge in [0.15, 0.2) is 0 Å². The van der Waals surface area contributed by atoms with Crippen LogP contribution in [0.5, 0.6) is 0 Å². The van der Waals surface area contributed by atoms with Crippen LogP contribution in [0, 0.1) is 10.1 Å². The van der Waals surface area contributed by atoms with Gasteiger partial charge in [-0.05, 0) is 18.4 Å². The minimum absolute atomic E-state index is 0.0915. The third kappa shape index (κ3) is 5.38. The first-order chi connectivity index (χ1) is 10.1. The number of amides is 1. The number of benzene rings is 1. The first-order valence-electron chi connectivity index (χ1n) is 7.25. The lowest BCUT2D eigenvalue weighted by molar-refractivity contribution is -0.384. The van der Waals surface area contributed by atoms with Gasteiger partial charge in [0.1, 0.15) is 0 Å². The molecule has 0 bridgehead atoms. The highest BCUT2D eigenvalue weighted by Gasteiger charge is 2.15. The summed E-state index contributed by atoms with van der Waals surface area (Å²) in [6, 6.07) is 6.83. The zero-order valence-electron chi connectivity index (χ0n) is 11.9. The number of thioether (sulfide) groups is 1. The molecule has 21 heavy (non-hydrogen) atoms. The maximum absolute atomic E-state index is 11.8. The number of nitro benzene ring substituents is 1. The molecule has 1 amide bonds. The van der Waals surface area contributed by atoms with Crippen molar-refractivity contribution < 1.29 is 9.72 Å². The van der Waals surface area contributed by atoms with Crippen LogP contribution in [0.15, 0.2) is 24.3 Å². The average Bonchev–Trinajstić information content (AvgIpc) is 2.49. The average molecular weight is 308 g/mol. The lowest BCUT2D eigenvalue weighted by Crippen LogP contribution is -2.37. The Morgan fingerprint density at radius 3 is 2.52 bits per heavy atom. The standard InChI is InChI=1S/C15H20N2O3S/c18-15(16-13-4-2-1-3-5-13)11-21-10-12-6-8-14(9-7-12)17(19)20/h6-9,13H,1-5,10-11H2,(H,16,18). The van der Waals surface area contributed by atoms with E-state index in [1.807, 2.05) is 0 Å². The van der Waals surface area contributed by atoms with Gasteiger partial charge in [-0.1, -0.05) is 31.4 Å². The second-order valence-corrected chi connectivity index (χ2v) is 6.30. The number of carbonyl (C=O) groups is 1. The second kappa shape index (κ2) is 8.02. The van der Waals surface area contributed by atoms with E-state index in [1.54, 1.807) is 12.1 Å². The van der Waals surface area contributed by atoms with Crippen molar-refractivity contribution in [2.24, 2.45) is 0 Å². The normalized spacial score (nSPS) is 15.6. The Bertz CT molecular complexity index is 484. The molecule has 1 fully saturated rings. The summed E-state index contributed by atoms with van der Waals surface area (Å²) in [5, 5.41) is 13.6. The first kappa shape index (κ1) is 15.8. The molecule has 1 aromatic rings. The molecule has 0 heterocycles. The van der Waals surface area contributed by atoms with Gasteiger partial charge in [-0.25, -0.2) is 0 Å². The van der Waals surface area contributed by atoms with E-state index < -0.39 is 4.92 Å². The highest BCUT2D eigenvalue weighted by Crippen LogP contribution is 2.19. The summed E-state index contributed by atoms with van der Waals surface area (Å²) in [6.07, 6.45) is 5.89. The van der Waals surface area contributed by atoms with E-state index in [-0.39, 0.29) is 11.6 Å². The highest BCUT2D eigenvalue weighted by atomic mass is 32.2. The van der Waals surface area contributed by atoms with E-state index in [9.17, 15) is 14.9 Å². The Hall–Kier alpha value is -1.56. The van der Waals surface area contributed by atoms with E-state index in [1.165, 1.54) is 43.2 Å². The van der Waals surface area contributed by atoms with Crippen molar-refractivity contribution in [2.75, 3.05) is 5.75 Å². The van der Waals surface area contributed by atoms with Gasteiger partial charge in [0.25, 0.3) is 5.69 Å². The molecule has 1 aliphatic carbocycles. The van der Waals surface area contributed by atoms with Gasteiger partial charge in [0, 0.05) is 23.9 Å². The number of rotatable bonds is 6. The molecule has 0 aliphatic heterocycles. The predicted molar refractivity (Wildman–Crippen MR) is 84.3 cm³/mol. The van der Waals surface area contributed by atoms with Gasteiger partial charge >= 0.3 is 0 Å². The van der Waals surface area contributed by atoms with Crippen molar-refractivity contribution in [3.8, 4) is 0 Å². The molecular formula is C15H20N2O3S. The first-order valence-corrected chi connectivity index (χ1v) is 8.41. The molecule has 0 unspecified atom stereocenters. The molecule has 114 valence electrons. The molecule has 6 heteroatoms. The van der Waals surface area contributed by atoms with E-state index >= 15 is 0 Å². The fourth-order valence-corrected chi connectivity index (χ4v) is 3.29. The number of hydrogen-bond acceptors (Lipinski definition) is 4. The van der Waals surface area contributed by atoms with Crippen LogP contribution in [0.25, 0.3) is 0 Å². The zero-order valence-corrected chi connectivity index (χ0v) is 12.7. The summed E-state index contributed by atoms with van der Waals surface area (Å²) < 4.78 is 0. The Kier molecular flexibility index (Phi) is 6.04. The molecule has 0 aromatic heterocycles. The van der Waals surface area contributed by atoms with Gasteiger partial charge in [0.05, 0.1) is 10.7 Å². The van der Waals surface area contributed by atoms with Crippen LogP contribution in [0.1, 0.15) is 37.7 Å². The Morgan fingerprint density at radius 1 is 1.24 bits per heavy atom. The van der Waals surface area contributed by atoms with Crippen molar-refractivity contribution in [1.82, 2.24) is 5.32 Å². The van der Waals surface area contributed by atoms with Gasteiger partial charge < -0.3 is 5.32 Å². The van der Waals surface area contributed by atoms with Crippen molar-refractivity contribution in [3.63, 3.8) is 0 Å². The van der Waals surface area contributed by atoms with Crippen LogP contribution in [0.4, 0.5) is 5.69 Å². The third-order valence-electron chi connectivity index (χ3n) is 3.62. The van der Waals surface area contributed by atoms with Crippen LogP contribution >= 0.6 is 11.8 Å². The number of nitro groups is 1. The van der Waals surface area contributed by atoms with E-state index in [0.29, 0.717) is 17.5 Å². The van der Waals surface area contributed by atoms with Crippen molar-refractivity contribution in [2.45, 2.75) is 43.9 Å². The quantitative estimate of drug-likeness (QED) is 0.646. The largest absolute Gasteiger partial charge is 0.353 e. The van der Waals surface area contributed by atoms with E-state index in [4.69, 9.17) is 0 Å². The second-order valence-electron chi connectivity index (χ2n) is 5.32. The molecule has 0 saturated heterocycles. The maximum Gasteiger partial charge on any atom is 0.269 e. The van der Waals surface area contributed by atoms with Crippen molar-refractivity contribution in [3.05, 3.63) is 39.9 Å². The zero-order chi connectivity index (χ0) is 15.1. The minimum atomic E-state index is -0.408. The summed E-state index contributed by atoms with van der Waals surface area (Å²) >= 11 is 1.54. The number of hydrogen-bond donors (Lipinski definition) is 1. The molecular weight excluding hydrogens is 288 g/mol. The summed E-state index contributed by atoms with van der Waals surface area (Å²) in [7, 11) is 0. The smallest absolute Gasteiger partial charge is 0.269 e. The lowest BCUT2D eigenvalue weighted by Gasteiger charge is -2.22. The molecule has 1 aliphatic rings. The van der Waals surface area contributed by atoms with Crippen LogP contribution in [-0.2, 0) is 10.5 Å². The fraction of sp³-hybridized carbons (Fsp3) is 0.533. The highest BCUT2D eigenvalue weighted by molar-refractivity contribution is 7.99. The van der Waals surface area contributed by atoms with Crippen molar-refractivity contribution >= 4 is 23.4 Å². The van der Waals surface area contributed by atoms with Crippen LogP contribution in [-0.4, -0.2) is 22.6 Å². The molecule has 1 saturated carbocycles. The molecule has 0 atom stereocenters. The summed E-state index contributed by atoms with van der Waals surface area (Å²) in [5.41, 5.74) is 1.09. The molecule has 2 rings (SSSR count). The number of nitrogens with one attached hydrogen (secondary N) is 1. The van der Waals surface area contributed by atoms with Crippen LogP contribution in [0.2, 0.25) is 0 Å². The topological polar surface area (TPSA) is 72.2 Å². The summed E-state index contributed by atoms with van der Waals surface area (Å²) in [4.78, 5) is 22.0. The Morgan fingerprint density at radius 2 is 1.90 bits per heavy atom. The van der Waals surface area contributed by atoms with E-state index in [0.717, 1.165) is 18.4 Å². The van der Waals surface area contributed by atoms with Crippen LogP contribution in [0.3, 0.4) is 0 Å². The van der Waals surface area contributed by atoms with Gasteiger partial charge in [-0.3, -0.25) is 14.9 Å². The summed E-state index contributed by atoms with van der Waals surface area (Å²) in [6.45, 7) is 0. The molecule has 0 radical (unpaired) electrons. The molecule has 5 nitrogen and oxygen atoms in total. The molecule has 1 aromatic carbocycles. The number of carbonyl (C=O) groups excluding carboxylic acids is 1. The Balaban J connectivity index is 1.68. The predicted octanol–water partition coefficient (Wildman–Crippen LogP) is 3.28. The van der Waals surface area contributed by atoms with E-state index in [2.05, 4.69) is 5.32 Å². The fourth-order valence-electron chi connectivity index (χ4n) is 2.49. The number of nitrogens with zero attached hydrogens (tertiary/aromatic N) is 1.